The van der Waals surface area contributed by atoms with Crippen molar-refractivity contribution < 1.29 is 0 Å². The monoisotopic (exact) mass is 166 g/mol. The Kier molecular flexibility index (Phi) is 3.55. The van der Waals surface area contributed by atoms with Gasteiger partial charge in [0.1, 0.15) is 0 Å². The molecular weight excluding hydrogens is 148 g/mol. The predicted octanol–water partition coefficient (Wildman–Crippen LogP) is 2.02. The quantitative estimate of drug-likeness (QED) is 0.627. The van der Waals surface area contributed by atoms with Gasteiger partial charge in [-0.3, -0.25) is 0 Å². The highest BCUT2D eigenvalue weighted by molar-refractivity contribution is 4.81. The number of hydrogen-bond acceptors (Lipinski definition) is 2. The fourth-order valence-corrected chi connectivity index (χ4v) is 1.80. The van der Waals surface area contributed by atoms with Gasteiger partial charge < -0.3 is 4.90 Å². The smallest absolute Gasteiger partial charge is 0.0624 e. The van der Waals surface area contributed by atoms with Crippen LogP contribution in [0, 0.1) is 17.2 Å². The molecule has 0 aliphatic carbocycles. The van der Waals surface area contributed by atoms with Gasteiger partial charge >= 0.3 is 0 Å². The van der Waals surface area contributed by atoms with Gasteiger partial charge in [-0.05, 0) is 45.7 Å². The van der Waals surface area contributed by atoms with Gasteiger partial charge in [0.25, 0.3) is 0 Å². The zero-order chi connectivity index (χ0) is 8.97. The van der Waals surface area contributed by atoms with Crippen molar-refractivity contribution in [3.8, 4) is 6.07 Å². The molecule has 0 saturated carbocycles. The normalized spacial score (nSPS) is 21.2. The molecule has 2 nitrogen and oxygen atoms in total. The van der Waals surface area contributed by atoms with E-state index in [9.17, 15) is 0 Å². The molecule has 0 radical (unpaired) electrons. The zero-order valence-electron chi connectivity index (χ0n) is 8.08. The molecule has 1 saturated heterocycles. The van der Waals surface area contributed by atoms with Crippen LogP contribution in [0.4, 0.5) is 0 Å². The van der Waals surface area contributed by atoms with Crippen molar-refractivity contribution in [3.63, 3.8) is 0 Å². The van der Waals surface area contributed by atoms with E-state index < -0.39 is 0 Å². The molecule has 1 aliphatic rings. The second-order valence-corrected chi connectivity index (χ2v) is 3.94. The molecule has 0 spiro atoms. The molecule has 12 heavy (non-hydrogen) atoms. The summed E-state index contributed by atoms with van der Waals surface area (Å²) in [6, 6.07) is 2.94. The molecule has 1 fully saturated rings. The van der Waals surface area contributed by atoms with E-state index in [1.54, 1.807) is 0 Å². The molecule has 1 aliphatic heterocycles. The average molecular weight is 166 g/mol. The summed E-state index contributed by atoms with van der Waals surface area (Å²) in [5.41, 5.74) is 0. The Labute approximate surface area is 75.2 Å². The van der Waals surface area contributed by atoms with E-state index in [-0.39, 0.29) is 0 Å². The van der Waals surface area contributed by atoms with Gasteiger partial charge in [0, 0.05) is 12.5 Å². The van der Waals surface area contributed by atoms with Crippen molar-refractivity contribution in [2.45, 2.75) is 39.2 Å². The molecule has 1 rings (SSSR count). The highest BCUT2D eigenvalue weighted by Gasteiger charge is 2.19. The minimum Gasteiger partial charge on any atom is -0.301 e. The van der Waals surface area contributed by atoms with Crippen LogP contribution in [0.15, 0.2) is 0 Å². The zero-order valence-corrected chi connectivity index (χ0v) is 8.08. The summed E-state index contributed by atoms with van der Waals surface area (Å²) in [6.45, 7) is 6.85. The van der Waals surface area contributed by atoms with Crippen LogP contribution >= 0.6 is 0 Å². The lowest BCUT2D eigenvalue weighted by atomic mass is 9.93. The Hall–Kier alpha value is -0.550. The van der Waals surface area contributed by atoms with Crippen LogP contribution < -0.4 is 0 Å². The molecule has 1 heterocycles. The lowest BCUT2D eigenvalue weighted by Gasteiger charge is -2.33. The summed E-state index contributed by atoms with van der Waals surface area (Å²) in [6.07, 6.45) is 3.18. The molecule has 2 heteroatoms. The standard InChI is InChI=1S/C10H18N2/c1-9(2)12-7-4-10(3-6-11)5-8-12/h9-10H,3-5,7-8H2,1-2H3. The second kappa shape index (κ2) is 4.47. The molecule has 0 amide bonds. The lowest BCUT2D eigenvalue weighted by molar-refractivity contribution is 0.151. The van der Waals surface area contributed by atoms with E-state index in [2.05, 4.69) is 24.8 Å². The van der Waals surface area contributed by atoms with E-state index in [4.69, 9.17) is 5.26 Å². The van der Waals surface area contributed by atoms with Crippen molar-refractivity contribution in [1.82, 2.24) is 4.90 Å². The van der Waals surface area contributed by atoms with E-state index in [1.807, 2.05) is 0 Å². The van der Waals surface area contributed by atoms with Gasteiger partial charge in [-0.15, -0.1) is 0 Å². The van der Waals surface area contributed by atoms with Gasteiger partial charge in [0.2, 0.25) is 0 Å². The van der Waals surface area contributed by atoms with Crippen LogP contribution in [0.5, 0.6) is 0 Å². The first kappa shape index (κ1) is 9.54. The molecule has 0 bridgehead atoms. The first-order chi connectivity index (χ1) is 5.74. The van der Waals surface area contributed by atoms with Crippen LogP contribution in [0.3, 0.4) is 0 Å². The van der Waals surface area contributed by atoms with Gasteiger partial charge in [-0.2, -0.15) is 5.26 Å². The van der Waals surface area contributed by atoms with Gasteiger partial charge in [0.05, 0.1) is 6.07 Å². The number of piperidine rings is 1. The predicted molar refractivity (Wildman–Crippen MR) is 49.7 cm³/mol. The minimum absolute atomic E-state index is 0.671. The van der Waals surface area contributed by atoms with Crippen LogP contribution in [0.25, 0.3) is 0 Å². The number of nitriles is 1. The molecule has 68 valence electrons. The first-order valence-electron chi connectivity index (χ1n) is 4.85. The third kappa shape index (κ3) is 2.49. The van der Waals surface area contributed by atoms with E-state index in [1.165, 1.54) is 25.9 Å². The lowest BCUT2D eigenvalue weighted by Crippen LogP contribution is -2.38. The maximum Gasteiger partial charge on any atom is 0.0624 e. The van der Waals surface area contributed by atoms with Crippen LogP contribution in [0.1, 0.15) is 33.1 Å². The highest BCUT2D eigenvalue weighted by atomic mass is 15.1. The molecule has 0 N–H and O–H groups in total. The Bertz CT molecular complexity index is 161. The van der Waals surface area contributed by atoms with Crippen LogP contribution in [-0.2, 0) is 0 Å². The third-order valence-electron chi connectivity index (χ3n) is 2.76. The first-order valence-corrected chi connectivity index (χ1v) is 4.85. The van der Waals surface area contributed by atoms with Crippen molar-refractivity contribution >= 4 is 0 Å². The fourth-order valence-electron chi connectivity index (χ4n) is 1.80. The van der Waals surface area contributed by atoms with Crippen molar-refractivity contribution in [2.75, 3.05) is 13.1 Å². The van der Waals surface area contributed by atoms with Gasteiger partial charge in [0.15, 0.2) is 0 Å². The van der Waals surface area contributed by atoms with E-state index >= 15 is 0 Å². The topological polar surface area (TPSA) is 27.0 Å². The average Bonchev–Trinajstić information content (AvgIpc) is 2.06. The van der Waals surface area contributed by atoms with Crippen molar-refractivity contribution in [3.05, 3.63) is 0 Å². The fraction of sp³-hybridized carbons (Fsp3) is 0.900. The number of likely N-dealkylation sites (tertiary alicyclic amines) is 1. The maximum absolute atomic E-state index is 8.53. The summed E-state index contributed by atoms with van der Waals surface area (Å²) >= 11 is 0. The Morgan fingerprint density at radius 3 is 2.42 bits per heavy atom. The third-order valence-corrected chi connectivity index (χ3v) is 2.76. The molecule has 0 atom stereocenters. The Balaban J connectivity index is 2.26. The van der Waals surface area contributed by atoms with Crippen molar-refractivity contribution in [2.24, 2.45) is 5.92 Å². The largest absolute Gasteiger partial charge is 0.301 e. The minimum atomic E-state index is 0.671. The molecule has 0 aromatic rings. The summed E-state index contributed by atoms with van der Waals surface area (Å²) in [5.74, 6) is 0.671. The second-order valence-electron chi connectivity index (χ2n) is 3.94. The number of nitrogens with zero attached hydrogens (tertiary/aromatic N) is 2. The van der Waals surface area contributed by atoms with E-state index in [0.29, 0.717) is 12.0 Å². The van der Waals surface area contributed by atoms with E-state index in [0.717, 1.165) is 6.42 Å². The van der Waals surface area contributed by atoms with Crippen LogP contribution in [0.2, 0.25) is 0 Å². The summed E-state index contributed by atoms with van der Waals surface area (Å²) in [4.78, 5) is 2.49. The van der Waals surface area contributed by atoms with Crippen LogP contribution in [-0.4, -0.2) is 24.0 Å². The van der Waals surface area contributed by atoms with Gasteiger partial charge in [-0.1, -0.05) is 0 Å². The number of rotatable bonds is 2. The Morgan fingerprint density at radius 2 is 2.00 bits per heavy atom. The molecule has 0 unspecified atom stereocenters. The molecule has 0 aromatic carbocycles. The maximum atomic E-state index is 8.53. The van der Waals surface area contributed by atoms with Gasteiger partial charge in [-0.25, -0.2) is 0 Å². The number of hydrogen-bond donors (Lipinski definition) is 0. The molecular formula is C10H18N2. The molecule has 0 aromatic heterocycles. The SMILES string of the molecule is CC(C)N1CCC(CC#N)CC1. The highest BCUT2D eigenvalue weighted by Crippen LogP contribution is 2.20. The van der Waals surface area contributed by atoms with Crippen molar-refractivity contribution in [1.29, 1.82) is 5.26 Å². The summed E-state index contributed by atoms with van der Waals surface area (Å²) < 4.78 is 0. The Morgan fingerprint density at radius 1 is 1.42 bits per heavy atom. The summed E-state index contributed by atoms with van der Waals surface area (Å²) in [7, 11) is 0. The summed E-state index contributed by atoms with van der Waals surface area (Å²) in [5, 5.41) is 8.53.